The number of nitrogens with one attached hydrogen (secondary N) is 1. The van der Waals surface area contributed by atoms with Gasteiger partial charge in [-0.2, -0.15) is 0 Å². The first-order valence-electron chi connectivity index (χ1n) is 7.20. The molecule has 1 fully saturated rings. The van der Waals surface area contributed by atoms with Gasteiger partial charge in [0.2, 0.25) is 0 Å². The Kier molecular flexibility index (Phi) is 7.15. The molecule has 3 atom stereocenters. The first-order valence-corrected chi connectivity index (χ1v) is 7.20. The maximum absolute atomic E-state index is 9.98. The summed E-state index contributed by atoms with van der Waals surface area (Å²) in [5, 5.41) is 13.4. The lowest BCUT2D eigenvalue weighted by atomic mass is 9.95. The lowest BCUT2D eigenvalue weighted by molar-refractivity contribution is 0.0380. The summed E-state index contributed by atoms with van der Waals surface area (Å²) in [5.74, 6) is 0.591. The van der Waals surface area contributed by atoms with Crippen molar-refractivity contribution in [1.29, 1.82) is 0 Å². The van der Waals surface area contributed by atoms with Gasteiger partial charge in [0.15, 0.2) is 0 Å². The zero-order valence-electron chi connectivity index (χ0n) is 12.4. The van der Waals surface area contributed by atoms with Gasteiger partial charge in [0.05, 0.1) is 12.7 Å². The average molecular weight is 258 g/mol. The highest BCUT2D eigenvalue weighted by atomic mass is 16.5. The second-order valence-electron chi connectivity index (χ2n) is 5.86. The van der Waals surface area contributed by atoms with E-state index in [-0.39, 0.29) is 6.10 Å². The van der Waals surface area contributed by atoms with E-state index in [1.165, 1.54) is 6.42 Å². The van der Waals surface area contributed by atoms with Gasteiger partial charge >= 0.3 is 0 Å². The van der Waals surface area contributed by atoms with Crippen molar-refractivity contribution in [3.63, 3.8) is 0 Å². The van der Waals surface area contributed by atoms with Gasteiger partial charge in [-0.25, -0.2) is 0 Å². The lowest BCUT2D eigenvalue weighted by Crippen LogP contribution is -2.45. The highest BCUT2D eigenvalue weighted by molar-refractivity contribution is 4.76. The molecule has 1 saturated heterocycles. The van der Waals surface area contributed by atoms with Crippen LogP contribution in [0.4, 0.5) is 0 Å². The highest BCUT2D eigenvalue weighted by Crippen LogP contribution is 2.17. The summed E-state index contributed by atoms with van der Waals surface area (Å²) in [4.78, 5) is 2.17. The van der Waals surface area contributed by atoms with E-state index in [0.29, 0.717) is 24.5 Å². The Labute approximate surface area is 112 Å². The molecule has 18 heavy (non-hydrogen) atoms. The van der Waals surface area contributed by atoms with Gasteiger partial charge in [-0.1, -0.05) is 0 Å². The van der Waals surface area contributed by atoms with E-state index in [1.807, 2.05) is 7.05 Å². The number of nitrogens with zero attached hydrogens (tertiary/aromatic N) is 1. The molecule has 0 aromatic heterocycles. The zero-order chi connectivity index (χ0) is 13.5. The molecule has 4 heteroatoms. The molecule has 0 unspecified atom stereocenters. The van der Waals surface area contributed by atoms with Crippen molar-refractivity contribution in [2.75, 3.05) is 33.4 Å². The first-order chi connectivity index (χ1) is 8.50. The van der Waals surface area contributed by atoms with Gasteiger partial charge in [0.25, 0.3) is 0 Å². The average Bonchev–Trinajstić information content (AvgIpc) is 2.36. The molecule has 0 amide bonds. The van der Waals surface area contributed by atoms with Gasteiger partial charge in [-0.15, -0.1) is 0 Å². The molecule has 0 aromatic rings. The minimum Gasteiger partial charge on any atom is -0.390 e. The summed E-state index contributed by atoms with van der Waals surface area (Å²) >= 11 is 0. The van der Waals surface area contributed by atoms with E-state index < -0.39 is 0 Å². The summed E-state index contributed by atoms with van der Waals surface area (Å²) in [6, 6.07) is 0.896. The molecule has 1 heterocycles. The number of aliphatic hydroxyl groups is 1. The van der Waals surface area contributed by atoms with Crippen LogP contribution < -0.4 is 5.32 Å². The first kappa shape index (κ1) is 15.9. The molecule has 1 rings (SSSR count). The van der Waals surface area contributed by atoms with Crippen molar-refractivity contribution in [2.45, 2.75) is 51.8 Å². The lowest BCUT2D eigenvalue weighted by Gasteiger charge is -2.30. The van der Waals surface area contributed by atoms with E-state index in [0.717, 1.165) is 26.2 Å². The number of likely N-dealkylation sites (N-methyl/N-ethyl adjacent to an activating group) is 1. The van der Waals surface area contributed by atoms with Crippen molar-refractivity contribution in [1.82, 2.24) is 10.2 Å². The molecular weight excluding hydrogens is 228 g/mol. The molecule has 0 spiro atoms. The number of aliphatic hydroxyl groups excluding tert-OH is 1. The quantitative estimate of drug-likeness (QED) is 0.717. The van der Waals surface area contributed by atoms with Crippen molar-refractivity contribution < 1.29 is 9.84 Å². The van der Waals surface area contributed by atoms with E-state index in [9.17, 15) is 5.11 Å². The third-order valence-corrected chi connectivity index (χ3v) is 3.96. The Bertz CT molecular complexity index is 218. The molecular formula is C14H30N2O2. The van der Waals surface area contributed by atoms with Crippen LogP contribution >= 0.6 is 0 Å². The van der Waals surface area contributed by atoms with Gasteiger partial charge in [-0.3, -0.25) is 0 Å². The van der Waals surface area contributed by atoms with Crippen LogP contribution in [0.25, 0.3) is 0 Å². The normalized spacial score (nSPS) is 24.5. The van der Waals surface area contributed by atoms with Crippen molar-refractivity contribution >= 4 is 0 Å². The molecule has 0 radical (unpaired) electrons. The summed E-state index contributed by atoms with van der Waals surface area (Å²) < 4.78 is 5.50. The Balaban J connectivity index is 2.18. The van der Waals surface area contributed by atoms with E-state index in [1.54, 1.807) is 0 Å². The molecule has 1 aliphatic rings. The predicted octanol–water partition coefficient (Wildman–Crippen LogP) is 1.09. The Hall–Kier alpha value is -0.160. The Morgan fingerprint density at radius 2 is 2.11 bits per heavy atom. The van der Waals surface area contributed by atoms with Crippen LogP contribution in [0.15, 0.2) is 0 Å². The maximum atomic E-state index is 9.98. The maximum Gasteiger partial charge on any atom is 0.0791 e. The van der Waals surface area contributed by atoms with Crippen LogP contribution in [0.5, 0.6) is 0 Å². The molecule has 0 bridgehead atoms. The molecule has 0 aromatic carbocycles. The Morgan fingerprint density at radius 3 is 2.67 bits per heavy atom. The second kappa shape index (κ2) is 8.10. The third-order valence-electron chi connectivity index (χ3n) is 3.96. The smallest absolute Gasteiger partial charge is 0.0791 e. The number of hydrogen-bond acceptors (Lipinski definition) is 4. The topological polar surface area (TPSA) is 44.7 Å². The van der Waals surface area contributed by atoms with Crippen LogP contribution in [0.2, 0.25) is 0 Å². The van der Waals surface area contributed by atoms with Gasteiger partial charge in [-0.05, 0) is 46.6 Å². The van der Waals surface area contributed by atoms with Crippen molar-refractivity contribution in [2.24, 2.45) is 5.92 Å². The fourth-order valence-electron chi connectivity index (χ4n) is 2.26. The third kappa shape index (κ3) is 5.65. The Morgan fingerprint density at radius 1 is 1.39 bits per heavy atom. The van der Waals surface area contributed by atoms with Crippen LogP contribution in [0.3, 0.4) is 0 Å². The minimum atomic E-state index is -0.302. The van der Waals surface area contributed by atoms with E-state index in [2.05, 4.69) is 31.0 Å². The largest absolute Gasteiger partial charge is 0.390 e. The summed E-state index contributed by atoms with van der Waals surface area (Å²) in [5.41, 5.74) is 0. The van der Waals surface area contributed by atoms with Crippen molar-refractivity contribution in [3.05, 3.63) is 0 Å². The standard InChI is InChI=1S/C14H30N2O2/c1-11(2)16(4)9-14(17)8-15-12(3)13-6-5-7-18-10-13/h11-15,17H,5-10H2,1-4H3/t12-,13+,14+/m0/s1. The van der Waals surface area contributed by atoms with Crippen LogP contribution in [0.1, 0.15) is 33.6 Å². The molecule has 2 N–H and O–H groups in total. The van der Waals surface area contributed by atoms with Crippen LogP contribution in [0, 0.1) is 5.92 Å². The fraction of sp³-hybridized carbons (Fsp3) is 1.00. The summed E-state index contributed by atoms with van der Waals surface area (Å²) in [7, 11) is 2.05. The van der Waals surface area contributed by atoms with Gasteiger partial charge in [0.1, 0.15) is 0 Å². The number of ether oxygens (including phenoxy) is 1. The molecule has 0 saturated carbocycles. The predicted molar refractivity (Wildman–Crippen MR) is 74.8 cm³/mol. The summed E-state index contributed by atoms with van der Waals surface area (Å²) in [6.45, 7) is 9.62. The van der Waals surface area contributed by atoms with E-state index >= 15 is 0 Å². The summed E-state index contributed by atoms with van der Waals surface area (Å²) in [6.07, 6.45) is 2.09. The molecule has 0 aliphatic carbocycles. The van der Waals surface area contributed by atoms with Crippen molar-refractivity contribution in [3.8, 4) is 0 Å². The monoisotopic (exact) mass is 258 g/mol. The zero-order valence-corrected chi connectivity index (χ0v) is 12.4. The van der Waals surface area contributed by atoms with Crippen LogP contribution in [-0.4, -0.2) is 61.5 Å². The molecule has 4 nitrogen and oxygen atoms in total. The van der Waals surface area contributed by atoms with E-state index in [4.69, 9.17) is 4.74 Å². The molecule has 1 aliphatic heterocycles. The minimum absolute atomic E-state index is 0.302. The SMILES string of the molecule is CC(C)N(C)C[C@H](O)CN[C@@H](C)[C@@H]1CCCOC1. The second-order valence-corrected chi connectivity index (χ2v) is 5.86. The number of hydrogen-bond donors (Lipinski definition) is 2. The van der Waals surface area contributed by atoms with Crippen LogP contribution in [-0.2, 0) is 4.74 Å². The number of rotatable bonds is 7. The van der Waals surface area contributed by atoms with Gasteiger partial charge < -0.3 is 20.1 Å². The molecule has 108 valence electrons. The highest BCUT2D eigenvalue weighted by Gasteiger charge is 2.21. The van der Waals surface area contributed by atoms with Gasteiger partial charge in [0, 0.05) is 31.8 Å². The fourth-order valence-corrected chi connectivity index (χ4v) is 2.26.